The minimum absolute atomic E-state index is 0.134. The average Bonchev–Trinajstić information content (AvgIpc) is 2.52. The Kier molecular flexibility index (Phi) is 9.55. The van der Waals surface area contributed by atoms with E-state index in [9.17, 15) is 4.79 Å². The molecule has 0 aromatic heterocycles. The van der Waals surface area contributed by atoms with Crippen LogP contribution in [0.4, 0.5) is 0 Å². The predicted molar refractivity (Wildman–Crippen MR) is 86.9 cm³/mol. The molecule has 0 unspecified atom stereocenters. The van der Waals surface area contributed by atoms with Gasteiger partial charge in [0.05, 0.1) is 0 Å². The Bertz CT molecular complexity index is 378. The van der Waals surface area contributed by atoms with Crippen molar-refractivity contribution in [1.82, 2.24) is 4.90 Å². The molecule has 118 valence electrons. The van der Waals surface area contributed by atoms with E-state index < -0.39 is 0 Å². The molecule has 1 aromatic rings. The standard InChI is InChI=1S/C18H29NO2/c1-2-3-4-5-9-13-18(21)19(14-10-15-20)16-17-11-7-6-8-12-17/h6-8,11-12,20H,2-5,9-10,13-16H2,1H3. The number of carbonyl (C=O) groups is 1. The molecule has 1 N–H and O–H groups in total. The maximum atomic E-state index is 12.3. The zero-order valence-corrected chi connectivity index (χ0v) is 13.3. The molecule has 0 bridgehead atoms. The van der Waals surface area contributed by atoms with Crippen LogP contribution in [0.1, 0.15) is 57.4 Å². The molecule has 1 amide bonds. The Morgan fingerprint density at radius 2 is 1.76 bits per heavy atom. The predicted octanol–water partition coefficient (Wildman–Crippen LogP) is 3.76. The van der Waals surface area contributed by atoms with E-state index in [1.54, 1.807) is 0 Å². The molecular weight excluding hydrogens is 262 g/mol. The summed E-state index contributed by atoms with van der Waals surface area (Å²) in [5.74, 6) is 0.212. The highest BCUT2D eigenvalue weighted by atomic mass is 16.3. The Morgan fingerprint density at radius 3 is 2.43 bits per heavy atom. The summed E-state index contributed by atoms with van der Waals surface area (Å²) >= 11 is 0. The number of hydrogen-bond donors (Lipinski definition) is 1. The number of unbranched alkanes of at least 4 members (excludes halogenated alkanes) is 4. The van der Waals surface area contributed by atoms with Crippen LogP contribution >= 0.6 is 0 Å². The van der Waals surface area contributed by atoms with Crippen LogP contribution in [-0.2, 0) is 11.3 Å². The zero-order valence-electron chi connectivity index (χ0n) is 13.3. The van der Waals surface area contributed by atoms with Gasteiger partial charge in [-0.25, -0.2) is 0 Å². The molecule has 0 fully saturated rings. The quantitative estimate of drug-likeness (QED) is 0.631. The van der Waals surface area contributed by atoms with Gasteiger partial charge in [0.25, 0.3) is 0 Å². The van der Waals surface area contributed by atoms with Crippen LogP contribution in [0.15, 0.2) is 30.3 Å². The SMILES string of the molecule is CCCCCCCC(=O)N(CCCO)Cc1ccccc1. The van der Waals surface area contributed by atoms with Crippen molar-refractivity contribution in [2.45, 2.75) is 58.4 Å². The number of carbonyl (C=O) groups excluding carboxylic acids is 1. The van der Waals surface area contributed by atoms with Crippen molar-refractivity contribution in [3.63, 3.8) is 0 Å². The van der Waals surface area contributed by atoms with Crippen LogP contribution in [0, 0.1) is 0 Å². The number of amides is 1. The molecule has 0 aliphatic carbocycles. The normalized spacial score (nSPS) is 10.6. The summed E-state index contributed by atoms with van der Waals surface area (Å²) in [7, 11) is 0. The van der Waals surface area contributed by atoms with Crippen molar-refractivity contribution >= 4 is 5.91 Å². The van der Waals surface area contributed by atoms with Crippen LogP contribution in [0.25, 0.3) is 0 Å². The van der Waals surface area contributed by atoms with Crippen LogP contribution in [0.5, 0.6) is 0 Å². The van der Waals surface area contributed by atoms with Crippen molar-refractivity contribution < 1.29 is 9.90 Å². The molecule has 3 nitrogen and oxygen atoms in total. The van der Waals surface area contributed by atoms with E-state index >= 15 is 0 Å². The van der Waals surface area contributed by atoms with Gasteiger partial charge in [0, 0.05) is 26.1 Å². The first-order chi connectivity index (χ1) is 10.3. The first-order valence-corrected chi connectivity index (χ1v) is 8.20. The summed E-state index contributed by atoms with van der Waals surface area (Å²) in [5.41, 5.74) is 1.15. The van der Waals surface area contributed by atoms with E-state index in [1.807, 2.05) is 35.2 Å². The van der Waals surface area contributed by atoms with E-state index in [1.165, 1.54) is 19.3 Å². The third-order valence-electron chi connectivity index (χ3n) is 3.65. The minimum atomic E-state index is 0.134. The van der Waals surface area contributed by atoms with Gasteiger partial charge in [-0.2, -0.15) is 0 Å². The zero-order chi connectivity index (χ0) is 15.3. The van der Waals surface area contributed by atoms with Crippen LogP contribution < -0.4 is 0 Å². The van der Waals surface area contributed by atoms with Gasteiger partial charge in [-0.05, 0) is 18.4 Å². The van der Waals surface area contributed by atoms with Gasteiger partial charge in [-0.1, -0.05) is 62.9 Å². The maximum Gasteiger partial charge on any atom is 0.222 e. The first kappa shape index (κ1) is 17.7. The second-order valence-electron chi connectivity index (χ2n) is 5.54. The smallest absolute Gasteiger partial charge is 0.222 e. The number of benzene rings is 1. The largest absolute Gasteiger partial charge is 0.396 e. The highest BCUT2D eigenvalue weighted by molar-refractivity contribution is 5.76. The number of nitrogens with zero attached hydrogens (tertiary/aromatic N) is 1. The topological polar surface area (TPSA) is 40.5 Å². The average molecular weight is 291 g/mol. The molecule has 1 rings (SSSR count). The molecule has 0 saturated carbocycles. The van der Waals surface area contributed by atoms with Gasteiger partial charge in [-0.15, -0.1) is 0 Å². The fourth-order valence-corrected chi connectivity index (χ4v) is 2.40. The fraction of sp³-hybridized carbons (Fsp3) is 0.611. The summed E-state index contributed by atoms with van der Waals surface area (Å²) in [6.45, 7) is 3.62. The molecule has 3 heteroatoms. The van der Waals surface area contributed by atoms with Crippen molar-refractivity contribution in [3.05, 3.63) is 35.9 Å². The van der Waals surface area contributed by atoms with Gasteiger partial charge in [0.1, 0.15) is 0 Å². The maximum absolute atomic E-state index is 12.3. The Labute approximate surface area is 129 Å². The monoisotopic (exact) mass is 291 g/mol. The van der Waals surface area contributed by atoms with E-state index in [0.29, 0.717) is 25.9 Å². The molecule has 0 radical (unpaired) electrons. The third kappa shape index (κ3) is 7.86. The molecule has 21 heavy (non-hydrogen) atoms. The summed E-state index contributed by atoms with van der Waals surface area (Å²) in [6, 6.07) is 10.1. The Morgan fingerprint density at radius 1 is 1.05 bits per heavy atom. The lowest BCUT2D eigenvalue weighted by Crippen LogP contribution is -2.31. The summed E-state index contributed by atoms with van der Waals surface area (Å²) in [4.78, 5) is 14.2. The van der Waals surface area contributed by atoms with E-state index in [4.69, 9.17) is 5.11 Å². The summed E-state index contributed by atoms with van der Waals surface area (Å²) in [6.07, 6.45) is 7.09. The van der Waals surface area contributed by atoms with Gasteiger partial charge in [-0.3, -0.25) is 4.79 Å². The molecule has 0 aliphatic heterocycles. The Hall–Kier alpha value is -1.35. The second-order valence-corrected chi connectivity index (χ2v) is 5.54. The minimum Gasteiger partial charge on any atom is -0.396 e. The van der Waals surface area contributed by atoms with Crippen molar-refractivity contribution in [1.29, 1.82) is 0 Å². The van der Waals surface area contributed by atoms with E-state index in [-0.39, 0.29) is 12.5 Å². The van der Waals surface area contributed by atoms with Crippen LogP contribution in [-0.4, -0.2) is 29.1 Å². The van der Waals surface area contributed by atoms with Gasteiger partial charge in [0.2, 0.25) is 5.91 Å². The summed E-state index contributed by atoms with van der Waals surface area (Å²) in [5, 5.41) is 9.00. The lowest BCUT2D eigenvalue weighted by atomic mass is 10.1. The number of aliphatic hydroxyl groups is 1. The number of hydrogen-bond acceptors (Lipinski definition) is 2. The van der Waals surface area contributed by atoms with Gasteiger partial charge < -0.3 is 10.0 Å². The molecule has 1 aromatic carbocycles. The van der Waals surface area contributed by atoms with Crippen molar-refractivity contribution in [2.75, 3.05) is 13.2 Å². The highest BCUT2D eigenvalue weighted by Gasteiger charge is 2.13. The molecule has 0 atom stereocenters. The molecule has 0 aliphatic rings. The van der Waals surface area contributed by atoms with Gasteiger partial charge in [0.15, 0.2) is 0 Å². The highest BCUT2D eigenvalue weighted by Crippen LogP contribution is 2.10. The number of aliphatic hydroxyl groups excluding tert-OH is 1. The Balaban J connectivity index is 2.42. The number of rotatable bonds is 11. The first-order valence-electron chi connectivity index (χ1n) is 8.20. The van der Waals surface area contributed by atoms with E-state index in [2.05, 4.69) is 6.92 Å². The molecule has 0 saturated heterocycles. The van der Waals surface area contributed by atoms with Gasteiger partial charge >= 0.3 is 0 Å². The van der Waals surface area contributed by atoms with Crippen molar-refractivity contribution in [3.8, 4) is 0 Å². The van der Waals surface area contributed by atoms with E-state index in [0.717, 1.165) is 18.4 Å². The third-order valence-corrected chi connectivity index (χ3v) is 3.65. The molecule has 0 heterocycles. The summed E-state index contributed by atoms with van der Waals surface area (Å²) < 4.78 is 0. The van der Waals surface area contributed by atoms with Crippen molar-refractivity contribution in [2.24, 2.45) is 0 Å². The van der Waals surface area contributed by atoms with Crippen LogP contribution in [0.2, 0.25) is 0 Å². The second kappa shape index (κ2) is 11.3. The molecular formula is C18H29NO2. The molecule has 0 spiro atoms. The fourth-order valence-electron chi connectivity index (χ4n) is 2.40. The lowest BCUT2D eigenvalue weighted by Gasteiger charge is -2.22. The van der Waals surface area contributed by atoms with Crippen LogP contribution in [0.3, 0.4) is 0 Å². The lowest BCUT2D eigenvalue weighted by molar-refractivity contribution is -0.132.